The lowest BCUT2D eigenvalue weighted by Gasteiger charge is -2.15. The van der Waals surface area contributed by atoms with E-state index in [1.807, 2.05) is 37.6 Å². The molecule has 92 valence electrons. The summed E-state index contributed by atoms with van der Waals surface area (Å²) in [6.07, 6.45) is 0. The van der Waals surface area contributed by atoms with Crippen molar-refractivity contribution in [2.45, 2.75) is 19.9 Å². The van der Waals surface area contributed by atoms with Gasteiger partial charge in [-0.25, -0.2) is 0 Å². The Bertz CT molecular complexity index is 406. The predicted octanol–water partition coefficient (Wildman–Crippen LogP) is 3.30. The van der Waals surface area contributed by atoms with E-state index in [2.05, 4.69) is 4.99 Å². The fourth-order valence-corrected chi connectivity index (χ4v) is 2.56. The Hall–Kier alpha value is -1.16. The summed E-state index contributed by atoms with van der Waals surface area (Å²) in [6, 6.07) is 6.16. The Labute approximate surface area is 106 Å². The lowest BCUT2D eigenvalue weighted by Crippen LogP contribution is -2.02. The van der Waals surface area contributed by atoms with E-state index in [-0.39, 0.29) is 6.04 Å². The molecule has 1 aliphatic rings. The molecule has 0 N–H and O–H groups in total. The van der Waals surface area contributed by atoms with E-state index in [0.29, 0.717) is 13.2 Å². The monoisotopic (exact) mass is 251 g/mol. The highest BCUT2D eigenvalue weighted by Gasteiger charge is 2.19. The molecule has 0 spiro atoms. The average Bonchev–Trinajstić information content (AvgIpc) is 2.85. The van der Waals surface area contributed by atoms with Crippen LogP contribution in [0, 0.1) is 0 Å². The molecule has 1 aromatic carbocycles. The second-order valence-electron chi connectivity index (χ2n) is 3.67. The summed E-state index contributed by atoms with van der Waals surface area (Å²) in [5.74, 6) is 2.79. The molecule has 1 unspecified atom stereocenters. The van der Waals surface area contributed by atoms with Crippen molar-refractivity contribution in [1.82, 2.24) is 0 Å². The van der Waals surface area contributed by atoms with Gasteiger partial charge in [0.1, 0.15) is 11.5 Å². The summed E-state index contributed by atoms with van der Waals surface area (Å²) in [5.41, 5.74) is 3.03. The Morgan fingerprint density at radius 3 is 2.76 bits per heavy atom. The maximum absolute atomic E-state index is 5.64. The van der Waals surface area contributed by atoms with Gasteiger partial charge in [-0.3, -0.25) is 4.99 Å². The molecular formula is C13H17NO2S. The molecule has 0 radical (unpaired) electrons. The number of hydrogen-bond acceptors (Lipinski definition) is 4. The van der Waals surface area contributed by atoms with Gasteiger partial charge in [0.25, 0.3) is 0 Å². The van der Waals surface area contributed by atoms with Crippen molar-refractivity contribution in [3.05, 3.63) is 23.8 Å². The smallest absolute Gasteiger partial charge is 0.124 e. The van der Waals surface area contributed by atoms with E-state index in [4.69, 9.17) is 9.47 Å². The first kappa shape index (κ1) is 12.3. The fraction of sp³-hybridized carbons (Fsp3) is 0.462. The molecule has 1 aromatic rings. The molecule has 0 saturated carbocycles. The standard InChI is InChI=1S/C13H17NO2S/c1-3-15-10-5-6-13(16-4-2)11(7-10)12-8-17-9-14-12/h5-7,9,12H,3-4,8H2,1-2H3. The number of aliphatic imine (C=N–C) groups is 1. The van der Waals surface area contributed by atoms with Crippen LogP contribution in [0.15, 0.2) is 23.2 Å². The molecular weight excluding hydrogens is 234 g/mol. The van der Waals surface area contributed by atoms with Crippen LogP contribution in [0.4, 0.5) is 0 Å². The minimum atomic E-state index is 0.196. The van der Waals surface area contributed by atoms with Crippen LogP contribution in [0.1, 0.15) is 25.5 Å². The van der Waals surface area contributed by atoms with E-state index in [9.17, 15) is 0 Å². The van der Waals surface area contributed by atoms with E-state index >= 15 is 0 Å². The topological polar surface area (TPSA) is 30.8 Å². The van der Waals surface area contributed by atoms with E-state index in [0.717, 1.165) is 22.8 Å². The third kappa shape index (κ3) is 2.94. The van der Waals surface area contributed by atoms with Gasteiger partial charge >= 0.3 is 0 Å². The van der Waals surface area contributed by atoms with E-state index < -0.39 is 0 Å². The SMILES string of the molecule is CCOc1ccc(OCC)c(C2CSC=N2)c1. The zero-order chi connectivity index (χ0) is 12.1. The zero-order valence-corrected chi connectivity index (χ0v) is 11.0. The molecule has 0 aromatic heterocycles. The summed E-state index contributed by atoms with van der Waals surface area (Å²) in [6.45, 7) is 5.33. The molecule has 0 bridgehead atoms. The maximum Gasteiger partial charge on any atom is 0.124 e. The van der Waals surface area contributed by atoms with E-state index in [1.54, 1.807) is 11.8 Å². The van der Waals surface area contributed by atoms with Crippen LogP contribution < -0.4 is 9.47 Å². The molecule has 0 fully saturated rings. The van der Waals surface area contributed by atoms with Gasteiger partial charge < -0.3 is 9.47 Å². The molecule has 17 heavy (non-hydrogen) atoms. The number of benzene rings is 1. The van der Waals surface area contributed by atoms with Crippen molar-refractivity contribution < 1.29 is 9.47 Å². The zero-order valence-electron chi connectivity index (χ0n) is 10.2. The molecule has 1 aliphatic heterocycles. The average molecular weight is 251 g/mol. The van der Waals surface area contributed by atoms with Gasteiger partial charge in [-0.2, -0.15) is 0 Å². The van der Waals surface area contributed by atoms with Gasteiger partial charge in [0.2, 0.25) is 0 Å². The number of nitrogens with zero attached hydrogens (tertiary/aromatic N) is 1. The molecule has 1 atom stereocenters. The second kappa shape index (κ2) is 5.96. The Balaban J connectivity index is 2.29. The van der Waals surface area contributed by atoms with Crippen LogP contribution in [-0.2, 0) is 0 Å². The Kier molecular flexibility index (Phi) is 4.31. The summed E-state index contributed by atoms with van der Waals surface area (Å²) in [5, 5.41) is 0. The summed E-state index contributed by atoms with van der Waals surface area (Å²) < 4.78 is 11.2. The minimum absolute atomic E-state index is 0.196. The molecule has 2 rings (SSSR count). The third-order valence-corrected chi connectivity index (χ3v) is 3.30. The van der Waals surface area contributed by atoms with Gasteiger partial charge in [-0.15, -0.1) is 11.8 Å². The molecule has 1 heterocycles. The Morgan fingerprint density at radius 2 is 2.12 bits per heavy atom. The van der Waals surface area contributed by atoms with Crippen molar-refractivity contribution in [2.75, 3.05) is 19.0 Å². The van der Waals surface area contributed by atoms with Crippen molar-refractivity contribution in [3.8, 4) is 11.5 Å². The number of thioether (sulfide) groups is 1. The quantitative estimate of drug-likeness (QED) is 0.804. The highest BCUT2D eigenvalue weighted by Crippen LogP contribution is 2.35. The first-order valence-corrected chi connectivity index (χ1v) is 6.92. The van der Waals surface area contributed by atoms with Gasteiger partial charge in [0.05, 0.1) is 24.8 Å². The number of rotatable bonds is 5. The summed E-state index contributed by atoms with van der Waals surface area (Å²) >= 11 is 1.73. The van der Waals surface area contributed by atoms with Crippen molar-refractivity contribution >= 4 is 17.3 Å². The highest BCUT2D eigenvalue weighted by molar-refractivity contribution is 8.12. The van der Waals surface area contributed by atoms with Crippen LogP contribution in [-0.4, -0.2) is 24.5 Å². The van der Waals surface area contributed by atoms with E-state index in [1.165, 1.54) is 0 Å². The first-order valence-electron chi connectivity index (χ1n) is 5.88. The van der Waals surface area contributed by atoms with Gasteiger partial charge in [0, 0.05) is 11.3 Å². The maximum atomic E-state index is 5.64. The van der Waals surface area contributed by atoms with Crippen molar-refractivity contribution in [1.29, 1.82) is 0 Å². The van der Waals surface area contributed by atoms with Gasteiger partial charge in [-0.05, 0) is 32.0 Å². The van der Waals surface area contributed by atoms with Crippen LogP contribution >= 0.6 is 11.8 Å². The van der Waals surface area contributed by atoms with Crippen LogP contribution in [0.5, 0.6) is 11.5 Å². The first-order chi connectivity index (χ1) is 8.35. The lowest BCUT2D eigenvalue weighted by molar-refractivity contribution is 0.326. The molecule has 0 aliphatic carbocycles. The van der Waals surface area contributed by atoms with Crippen molar-refractivity contribution in [3.63, 3.8) is 0 Å². The van der Waals surface area contributed by atoms with Crippen LogP contribution in [0.2, 0.25) is 0 Å². The third-order valence-electron chi connectivity index (χ3n) is 2.52. The van der Waals surface area contributed by atoms with Crippen molar-refractivity contribution in [2.24, 2.45) is 4.99 Å². The number of ether oxygens (including phenoxy) is 2. The number of hydrogen-bond donors (Lipinski definition) is 0. The van der Waals surface area contributed by atoms with Crippen LogP contribution in [0.25, 0.3) is 0 Å². The normalized spacial score (nSPS) is 18.4. The van der Waals surface area contributed by atoms with Gasteiger partial charge in [-0.1, -0.05) is 0 Å². The molecule has 0 saturated heterocycles. The fourth-order valence-electron chi connectivity index (χ4n) is 1.79. The molecule has 0 amide bonds. The highest BCUT2D eigenvalue weighted by atomic mass is 32.2. The molecule has 4 heteroatoms. The second-order valence-corrected chi connectivity index (χ2v) is 4.55. The minimum Gasteiger partial charge on any atom is -0.494 e. The Morgan fingerprint density at radius 1 is 1.29 bits per heavy atom. The molecule has 3 nitrogen and oxygen atoms in total. The summed E-state index contributed by atoms with van der Waals surface area (Å²) in [4.78, 5) is 4.45. The van der Waals surface area contributed by atoms with Crippen LogP contribution in [0.3, 0.4) is 0 Å². The largest absolute Gasteiger partial charge is 0.494 e. The lowest BCUT2D eigenvalue weighted by atomic mass is 10.1. The van der Waals surface area contributed by atoms with Gasteiger partial charge in [0.15, 0.2) is 0 Å². The summed E-state index contributed by atoms with van der Waals surface area (Å²) in [7, 11) is 0. The predicted molar refractivity (Wildman–Crippen MR) is 72.5 cm³/mol.